The highest BCUT2D eigenvalue weighted by Gasteiger charge is 2.33. The average molecular weight is 330 g/mol. The van der Waals surface area contributed by atoms with Crippen molar-refractivity contribution in [2.75, 3.05) is 19.7 Å². The van der Waals surface area contributed by atoms with Crippen LogP contribution in [0.4, 0.5) is 0 Å². The molecule has 0 radical (unpaired) electrons. The Morgan fingerprint density at radius 1 is 1.30 bits per heavy atom. The van der Waals surface area contributed by atoms with E-state index in [0.717, 1.165) is 0 Å². The summed E-state index contributed by atoms with van der Waals surface area (Å²) < 4.78 is 0. The molecule has 130 valence electrons. The Morgan fingerprint density at radius 3 is 2.52 bits per heavy atom. The fourth-order valence-corrected chi connectivity index (χ4v) is 2.21. The minimum atomic E-state index is -1.13. The zero-order valence-electron chi connectivity index (χ0n) is 12.8. The monoisotopic (exact) mass is 330 g/mol. The lowest BCUT2D eigenvalue weighted by Gasteiger charge is -2.22. The van der Waals surface area contributed by atoms with Crippen LogP contribution in [0.25, 0.3) is 0 Å². The Bertz CT molecular complexity index is 483. The number of rotatable bonds is 7. The van der Waals surface area contributed by atoms with Crippen LogP contribution in [0.15, 0.2) is 0 Å². The average Bonchev–Trinajstić information content (AvgIpc) is 3.00. The first-order valence-electron chi connectivity index (χ1n) is 7.24. The summed E-state index contributed by atoms with van der Waals surface area (Å²) in [5.74, 6) is -2.86. The van der Waals surface area contributed by atoms with Crippen molar-refractivity contribution < 1.29 is 29.4 Å². The minimum Gasteiger partial charge on any atom is -0.480 e. The van der Waals surface area contributed by atoms with E-state index in [1.807, 2.05) is 0 Å². The predicted octanol–water partition coefficient (Wildman–Crippen LogP) is -3.00. The summed E-state index contributed by atoms with van der Waals surface area (Å²) in [4.78, 5) is 47.4. The summed E-state index contributed by atoms with van der Waals surface area (Å²) in [5.41, 5.74) is 5.30. The van der Waals surface area contributed by atoms with Crippen molar-refractivity contribution in [3.05, 3.63) is 0 Å². The van der Waals surface area contributed by atoms with Crippen molar-refractivity contribution in [3.63, 3.8) is 0 Å². The second kappa shape index (κ2) is 8.44. The number of amides is 3. The number of hydrogen-bond donors (Lipinski definition) is 5. The van der Waals surface area contributed by atoms with Gasteiger partial charge < -0.3 is 31.5 Å². The molecule has 3 unspecified atom stereocenters. The topological polar surface area (TPSA) is 162 Å². The quantitative estimate of drug-likeness (QED) is 0.332. The van der Waals surface area contributed by atoms with Gasteiger partial charge in [-0.25, -0.2) is 4.79 Å². The molecule has 3 amide bonds. The summed E-state index contributed by atoms with van der Waals surface area (Å²) in [6, 6.07) is -2.94. The molecule has 10 nitrogen and oxygen atoms in total. The van der Waals surface area contributed by atoms with E-state index in [1.165, 1.54) is 11.8 Å². The van der Waals surface area contributed by atoms with Crippen molar-refractivity contribution in [3.8, 4) is 0 Å². The van der Waals surface area contributed by atoms with Crippen LogP contribution in [-0.2, 0) is 19.2 Å². The van der Waals surface area contributed by atoms with Gasteiger partial charge in [0.05, 0.1) is 13.2 Å². The van der Waals surface area contributed by atoms with Gasteiger partial charge in [0.1, 0.15) is 18.1 Å². The van der Waals surface area contributed by atoms with Crippen LogP contribution in [0.3, 0.4) is 0 Å². The highest BCUT2D eigenvalue weighted by Crippen LogP contribution is 2.17. The molecular weight excluding hydrogens is 308 g/mol. The standard InChI is InChI=1S/C13H22N4O6/c1-7(16-12(21)8(14)6-18)11(20)15-5-10(19)17-4-2-3-9(17)13(22)23/h7-9,18H,2-6,14H2,1H3,(H,15,20)(H,16,21)(H,22,23). The summed E-state index contributed by atoms with van der Waals surface area (Å²) in [6.07, 6.45) is 0.989. The highest BCUT2D eigenvalue weighted by molar-refractivity contribution is 5.92. The molecule has 0 aliphatic carbocycles. The van der Waals surface area contributed by atoms with E-state index in [-0.39, 0.29) is 6.54 Å². The first-order valence-corrected chi connectivity index (χ1v) is 7.24. The molecule has 0 spiro atoms. The largest absolute Gasteiger partial charge is 0.480 e. The summed E-state index contributed by atoms with van der Waals surface area (Å²) in [6.45, 7) is 0.833. The Morgan fingerprint density at radius 2 is 1.96 bits per heavy atom. The Kier molecular flexibility index (Phi) is 6.91. The van der Waals surface area contributed by atoms with E-state index in [0.29, 0.717) is 19.4 Å². The number of aliphatic carboxylic acids is 1. The number of nitrogens with one attached hydrogen (secondary N) is 2. The van der Waals surface area contributed by atoms with E-state index in [9.17, 15) is 19.2 Å². The van der Waals surface area contributed by atoms with Gasteiger partial charge in [0.15, 0.2) is 0 Å². The Hall–Kier alpha value is -2.20. The molecule has 1 rings (SSSR count). The lowest BCUT2D eigenvalue weighted by atomic mass is 10.2. The Labute approximate surface area is 133 Å². The zero-order valence-corrected chi connectivity index (χ0v) is 12.8. The molecule has 1 fully saturated rings. The molecule has 0 aromatic heterocycles. The van der Waals surface area contributed by atoms with Gasteiger partial charge in [0, 0.05) is 6.54 Å². The molecule has 0 aromatic carbocycles. The fourth-order valence-electron chi connectivity index (χ4n) is 2.21. The number of aliphatic hydroxyl groups excluding tert-OH is 1. The lowest BCUT2D eigenvalue weighted by molar-refractivity contribution is -0.148. The Balaban J connectivity index is 2.44. The maximum atomic E-state index is 12.0. The predicted molar refractivity (Wildman–Crippen MR) is 78.0 cm³/mol. The number of carboxylic acids is 1. The number of nitrogens with zero attached hydrogens (tertiary/aromatic N) is 1. The van der Waals surface area contributed by atoms with Crippen LogP contribution in [0.2, 0.25) is 0 Å². The second-order valence-corrected chi connectivity index (χ2v) is 5.32. The molecule has 3 atom stereocenters. The molecule has 1 aliphatic rings. The molecule has 0 aromatic rings. The number of carboxylic acid groups (broad SMARTS) is 1. The first-order chi connectivity index (χ1) is 10.8. The van der Waals surface area contributed by atoms with Crippen molar-refractivity contribution in [2.24, 2.45) is 5.73 Å². The van der Waals surface area contributed by atoms with Gasteiger partial charge in [-0.1, -0.05) is 0 Å². The van der Waals surface area contributed by atoms with Crippen LogP contribution >= 0.6 is 0 Å². The fraction of sp³-hybridized carbons (Fsp3) is 0.692. The summed E-state index contributed by atoms with van der Waals surface area (Å²) in [7, 11) is 0. The first kappa shape index (κ1) is 18.8. The summed E-state index contributed by atoms with van der Waals surface area (Å²) >= 11 is 0. The van der Waals surface area contributed by atoms with Crippen molar-refractivity contribution in [1.82, 2.24) is 15.5 Å². The van der Waals surface area contributed by atoms with Crippen molar-refractivity contribution >= 4 is 23.7 Å². The minimum absolute atomic E-state index is 0.337. The third kappa shape index (κ3) is 5.18. The lowest BCUT2D eigenvalue weighted by Crippen LogP contribution is -2.53. The number of carbonyl (C=O) groups is 4. The number of nitrogens with two attached hydrogens (primary N) is 1. The number of hydrogen-bond acceptors (Lipinski definition) is 6. The van der Waals surface area contributed by atoms with Gasteiger partial charge in [0.25, 0.3) is 0 Å². The molecule has 1 saturated heterocycles. The molecule has 1 aliphatic heterocycles. The zero-order chi connectivity index (χ0) is 17.6. The molecule has 6 N–H and O–H groups in total. The highest BCUT2D eigenvalue weighted by atomic mass is 16.4. The van der Waals surface area contributed by atoms with E-state index < -0.39 is 48.4 Å². The van der Waals surface area contributed by atoms with Gasteiger partial charge in [-0.05, 0) is 19.8 Å². The third-order valence-corrected chi connectivity index (χ3v) is 3.56. The van der Waals surface area contributed by atoms with Crippen LogP contribution in [-0.4, -0.2) is 76.6 Å². The van der Waals surface area contributed by atoms with Crippen LogP contribution in [0.5, 0.6) is 0 Å². The van der Waals surface area contributed by atoms with Gasteiger partial charge in [-0.2, -0.15) is 0 Å². The van der Waals surface area contributed by atoms with Gasteiger partial charge in [-0.15, -0.1) is 0 Å². The van der Waals surface area contributed by atoms with Crippen molar-refractivity contribution in [2.45, 2.75) is 37.9 Å². The number of aliphatic hydroxyl groups is 1. The van der Waals surface area contributed by atoms with E-state index in [2.05, 4.69) is 10.6 Å². The van der Waals surface area contributed by atoms with Crippen LogP contribution < -0.4 is 16.4 Å². The maximum Gasteiger partial charge on any atom is 0.326 e. The SMILES string of the molecule is CC(NC(=O)C(N)CO)C(=O)NCC(=O)N1CCCC1C(=O)O. The number of carbonyl (C=O) groups excluding carboxylic acids is 3. The van der Waals surface area contributed by atoms with Crippen LogP contribution in [0, 0.1) is 0 Å². The maximum absolute atomic E-state index is 12.0. The molecule has 23 heavy (non-hydrogen) atoms. The van der Waals surface area contributed by atoms with Crippen LogP contribution in [0.1, 0.15) is 19.8 Å². The van der Waals surface area contributed by atoms with E-state index >= 15 is 0 Å². The van der Waals surface area contributed by atoms with Crippen molar-refractivity contribution in [1.29, 1.82) is 0 Å². The second-order valence-electron chi connectivity index (χ2n) is 5.32. The molecular formula is C13H22N4O6. The molecule has 1 heterocycles. The molecule has 0 bridgehead atoms. The van der Waals surface area contributed by atoms with E-state index in [4.69, 9.17) is 15.9 Å². The number of likely N-dealkylation sites (tertiary alicyclic amines) is 1. The molecule has 0 saturated carbocycles. The van der Waals surface area contributed by atoms with Gasteiger partial charge >= 0.3 is 5.97 Å². The smallest absolute Gasteiger partial charge is 0.326 e. The molecule has 10 heteroatoms. The van der Waals surface area contributed by atoms with Gasteiger partial charge in [0.2, 0.25) is 17.7 Å². The third-order valence-electron chi connectivity index (χ3n) is 3.56. The van der Waals surface area contributed by atoms with Gasteiger partial charge in [-0.3, -0.25) is 14.4 Å². The normalized spacial score (nSPS) is 19.8. The summed E-state index contributed by atoms with van der Waals surface area (Å²) in [5, 5.41) is 22.4. The van der Waals surface area contributed by atoms with E-state index in [1.54, 1.807) is 0 Å².